The summed E-state index contributed by atoms with van der Waals surface area (Å²) in [7, 11) is 1.90. The van der Waals surface area contributed by atoms with Crippen LogP contribution in [0.3, 0.4) is 0 Å². The van der Waals surface area contributed by atoms with Crippen LogP contribution in [0.2, 0.25) is 0 Å². The lowest BCUT2D eigenvalue weighted by molar-refractivity contribution is -0.131. The van der Waals surface area contributed by atoms with Crippen molar-refractivity contribution in [2.45, 2.75) is 6.04 Å². The highest BCUT2D eigenvalue weighted by molar-refractivity contribution is 7.99. The van der Waals surface area contributed by atoms with Crippen molar-refractivity contribution in [2.75, 3.05) is 58.1 Å². The lowest BCUT2D eigenvalue weighted by Crippen LogP contribution is -2.47. The largest absolute Gasteiger partial charge is 0.379 e. The van der Waals surface area contributed by atoms with Crippen LogP contribution in [0.15, 0.2) is 0 Å². The molecule has 1 atom stereocenters. The smallest absolute Gasteiger partial charge is 0.240 e. The molecular weight excluding hydrogens is 238 g/mol. The first kappa shape index (κ1) is 13.1. The normalized spacial score (nSPS) is 26.1. The van der Waals surface area contributed by atoms with Crippen LogP contribution in [0, 0.1) is 0 Å². The van der Waals surface area contributed by atoms with Crippen molar-refractivity contribution in [2.24, 2.45) is 0 Å². The Balaban J connectivity index is 1.68. The Bertz CT molecular complexity index is 253. The Kier molecular flexibility index (Phi) is 5.09. The van der Waals surface area contributed by atoms with E-state index in [0.29, 0.717) is 0 Å². The van der Waals surface area contributed by atoms with Gasteiger partial charge in [0, 0.05) is 44.9 Å². The summed E-state index contributed by atoms with van der Waals surface area (Å²) in [5.74, 6) is 2.03. The van der Waals surface area contributed by atoms with Crippen molar-refractivity contribution in [1.82, 2.24) is 15.1 Å². The van der Waals surface area contributed by atoms with E-state index in [2.05, 4.69) is 10.2 Å². The number of hydrogen-bond donors (Lipinski definition) is 1. The van der Waals surface area contributed by atoms with Crippen molar-refractivity contribution in [3.63, 3.8) is 0 Å². The van der Waals surface area contributed by atoms with Crippen LogP contribution in [0.25, 0.3) is 0 Å². The number of thioether (sulfide) groups is 1. The number of rotatable bonds is 4. The molecule has 2 aliphatic heterocycles. The second-order valence-electron chi connectivity index (χ2n) is 4.49. The van der Waals surface area contributed by atoms with Crippen LogP contribution in [-0.2, 0) is 9.53 Å². The van der Waals surface area contributed by atoms with Crippen molar-refractivity contribution < 1.29 is 9.53 Å². The van der Waals surface area contributed by atoms with Crippen LogP contribution < -0.4 is 5.32 Å². The molecule has 2 rings (SSSR count). The van der Waals surface area contributed by atoms with E-state index in [4.69, 9.17) is 4.74 Å². The Labute approximate surface area is 107 Å². The van der Waals surface area contributed by atoms with Gasteiger partial charge < -0.3 is 9.64 Å². The maximum Gasteiger partial charge on any atom is 0.240 e. The number of carbonyl (C=O) groups is 1. The van der Waals surface area contributed by atoms with Gasteiger partial charge in [0.25, 0.3) is 0 Å². The number of morpholine rings is 1. The maximum atomic E-state index is 12.0. The number of carbonyl (C=O) groups excluding carboxylic acids is 1. The minimum absolute atomic E-state index is 0.0229. The van der Waals surface area contributed by atoms with Gasteiger partial charge in [-0.05, 0) is 0 Å². The van der Waals surface area contributed by atoms with Gasteiger partial charge in [-0.1, -0.05) is 0 Å². The summed E-state index contributed by atoms with van der Waals surface area (Å²) in [6.07, 6.45) is 0. The Morgan fingerprint density at radius 1 is 1.53 bits per heavy atom. The molecule has 1 unspecified atom stereocenters. The molecule has 6 heteroatoms. The quantitative estimate of drug-likeness (QED) is 0.733. The summed E-state index contributed by atoms with van der Waals surface area (Å²) in [6, 6.07) is 0.0229. The highest BCUT2D eigenvalue weighted by Gasteiger charge is 2.25. The molecule has 1 amide bonds. The third-order valence-electron chi connectivity index (χ3n) is 3.25. The van der Waals surface area contributed by atoms with E-state index in [0.717, 1.165) is 51.0 Å². The minimum Gasteiger partial charge on any atom is -0.379 e. The summed E-state index contributed by atoms with van der Waals surface area (Å²) >= 11 is 1.79. The predicted molar refractivity (Wildman–Crippen MR) is 69.1 cm³/mol. The molecule has 5 nitrogen and oxygen atoms in total. The zero-order chi connectivity index (χ0) is 12.1. The zero-order valence-corrected chi connectivity index (χ0v) is 11.2. The molecular formula is C11H21N3O2S. The van der Waals surface area contributed by atoms with E-state index in [1.807, 2.05) is 11.9 Å². The van der Waals surface area contributed by atoms with Crippen LogP contribution in [-0.4, -0.2) is 79.8 Å². The molecule has 2 fully saturated rings. The summed E-state index contributed by atoms with van der Waals surface area (Å²) in [5.41, 5.74) is 0. The van der Waals surface area contributed by atoms with E-state index >= 15 is 0 Å². The molecule has 2 heterocycles. The van der Waals surface area contributed by atoms with Gasteiger partial charge in [-0.2, -0.15) is 0 Å². The third kappa shape index (κ3) is 3.84. The van der Waals surface area contributed by atoms with Crippen LogP contribution in [0.5, 0.6) is 0 Å². The SMILES string of the molecule is CN(CCN1CCOCC1)C(=O)C1CSCN1. The first-order valence-corrected chi connectivity index (χ1v) is 7.29. The number of nitrogens with one attached hydrogen (secondary N) is 1. The third-order valence-corrected chi connectivity index (χ3v) is 4.19. The summed E-state index contributed by atoms with van der Waals surface area (Å²) < 4.78 is 5.30. The fourth-order valence-corrected chi connectivity index (χ4v) is 2.98. The zero-order valence-electron chi connectivity index (χ0n) is 10.4. The second kappa shape index (κ2) is 6.58. The molecule has 2 saturated heterocycles. The fraction of sp³-hybridized carbons (Fsp3) is 0.909. The number of hydrogen-bond acceptors (Lipinski definition) is 5. The predicted octanol–water partition coefficient (Wildman–Crippen LogP) is -0.560. The first-order valence-electron chi connectivity index (χ1n) is 6.13. The highest BCUT2D eigenvalue weighted by atomic mass is 32.2. The minimum atomic E-state index is 0.0229. The van der Waals surface area contributed by atoms with Crippen LogP contribution in [0.1, 0.15) is 0 Å². The Hall–Kier alpha value is -0.300. The van der Waals surface area contributed by atoms with Gasteiger partial charge in [0.2, 0.25) is 5.91 Å². The van der Waals surface area contributed by atoms with E-state index < -0.39 is 0 Å². The summed E-state index contributed by atoms with van der Waals surface area (Å²) in [4.78, 5) is 16.2. The van der Waals surface area contributed by atoms with Gasteiger partial charge in [-0.25, -0.2) is 0 Å². The molecule has 0 aromatic heterocycles. The van der Waals surface area contributed by atoms with Crippen LogP contribution >= 0.6 is 11.8 Å². The molecule has 0 bridgehead atoms. The molecule has 0 spiro atoms. The number of likely N-dealkylation sites (N-methyl/N-ethyl adjacent to an activating group) is 1. The van der Waals surface area contributed by atoms with Crippen molar-refractivity contribution >= 4 is 17.7 Å². The van der Waals surface area contributed by atoms with Gasteiger partial charge >= 0.3 is 0 Å². The number of nitrogens with zero attached hydrogens (tertiary/aromatic N) is 2. The molecule has 1 N–H and O–H groups in total. The van der Waals surface area contributed by atoms with Crippen molar-refractivity contribution in [3.8, 4) is 0 Å². The Morgan fingerprint density at radius 3 is 2.94 bits per heavy atom. The molecule has 17 heavy (non-hydrogen) atoms. The fourth-order valence-electron chi connectivity index (χ4n) is 2.05. The molecule has 0 saturated carbocycles. The standard InChI is InChI=1S/C11H21N3O2S/c1-13(11(15)10-8-17-9-12-10)2-3-14-4-6-16-7-5-14/h10,12H,2-9H2,1H3. The summed E-state index contributed by atoms with van der Waals surface area (Å²) in [6.45, 7) is 5.36. The molecule has 0 aromatic carbocycles. The topological polar surface area (TPSA) is 44.8 Å². The maximum absolute atomic E-state index is 12.0. The molecule has 0 radical (unpaired) electrons. The lowest BCUT2D eigenvalue weighted by Gasteiger charge is -2.29. The van der Waals surface area contributed by atoms with Gasteiger partial charge in [0.1, 0.15) is 0 Å². The number of amides is 1. The number of ether oxygens (including phenoxy) is 1. The van der Waals surface area contributed by atoms with Crippen LogP contribution in [0.4, 0.5) is 0 Å². The average Bonchev–Trinajstić information content (AvgIpc) is 2.90. The highest BCUT2D eigenvalue weighted by Crippen LogP contribution is 2.11. The second-order valence-corrected chi connectivity index (χ2v) is 5.52. The van der Waals surface area contributed by atoms with Crippen molar-refractivity contribution in [3.05, 3.63) is 0 Å². The van der Waals surface area contributed by atoms with E-state index in [-0.39, 0.29) is 11.9 Å². The molecule has 98 valence electrons. The van der Waals surface area contributed by atoms with Gasteiger partial charge in [-0.3, -0.25) is 15.0 Å². The Morgan fingerprint density at radius 2 is 2.29 bits per heavy atom. The lowest BCUT2D eigenvalue weighted by atomic mass is 10.3. The van der Waals surface area contributed by atoms with E-state index in [1.165, 1.54) is 0 Å². The van der Waals surface area contributed by atoms with E-state index in [1.54, 1.807) is 11.8 Å². The first-order chi connectivity index (χ1) is 8.27. The van der Waals surface area contributed by atoms with Gasteiger partial charge in [-0.15, -0.1) is 11.8 Å². The van der Waals surface area contributed by atoms with E-state index in [9.17, 15) is 4.79 Å². The molecule has 0 aliphatic carbocycles. The summed E-state index contributed by atoms with van der Waals surface area (Å²) in [5, 5.41) is 3.21. The average molecular weight is 259 g/mol. The monoisotopic (exact) mass is 259 g/mol. The molecule has 0 aromatic rings. The van der Waals surface area contributed by atoms with Gasteiger partial charge in [0.15, 0.2) is 0 Å². The van der Waals surface area contributed by atoms with Gasteiger partial charge in [0.05, 0.1) is 19.3 Å². The van der Waals surface area contributed by atoms with Crippen molar-refractivity contribution in [1.29, 1.82) is 0 Å². The molecule has 2 aliphatic rings.